The van der Waals surface area contributed by atoms with E-state index in [4.69, 9.17) is 9.84 Å². The van der Waals surface area contributed by atoms with Crippen molar-refractivity contribution in [2.75, 3.05) is 19.8 Å². The predicted octanol–water partition coefficient (Wildman–Crippen LogP) is 0.731. The lowest BCUT2D eigenvalue weighted by Crippen LogP contribution is -2.31. The fourth-order valence-corrected chi connectivity index (χ4v) is 1.17. The van der Waals surface area contributed by atoms with Crippen LogP contribution in [0, 0.1) is 5.41 Å². The molecule has 72 valence electrons. The van der Waals surface area contributed by atoms with Gasteiger partial charge in [0.25, 0.3) is 0 Å². The van der Waals surface area contributed by atoms with E-state index in [1.807, 2.05) is 13.8 Å². The normalized spacial score (nSPS) is 24.8. The summed E-state index contributed by atoms with van der Waals surface area (Å²) in [5.41, 5.74) is -0.107. The van der Waals surface area contributed by atoms with Crippen LogP contribution in [-0.4, -0.2) is 31.1 Å². The summed E-state index contributed by atoms with van der Waals surface area (Å²) in [6.07, 6.45) is 2.52. The summed E-state index contributed by atoms with van der Waals surface area (Å²) in [4.78, 5) is 0. The molecule has 1 saturated heterocycles. The Morgan fingerprint density at radius 3 is 2.83 bits per heavy atom. The van der Waals surface area contributed by atoms with Gasteiger partial charge >= 0.3 is 0 Å². The van der Waals surface area contributed by atoms with E-state index in [1.54, 1.807) is 0 Å². The zero-order valence-corrected chi connectivity index (χ0v) is 7.97. The Morgan fingerprint density at radius 2 is 2.33 bits per heavy atom. The molecule has 1 rings (SSSR count). The standard InChI is InChI=1S/C9H19NO2/c1-9(2,6-11)7-12-8-4-3-5-10-8/h8,10-11H,3-7H2,1-2H3. The first-order valence-electron chi connectivity index (χ1n) is 4.60. The van der Waals surface area contributed by atoms with Gasteiger partial charge in [-0.15, -0.1) is 0 Å². The van der Waals surface area contributed by atoms with Gasteiger partial charge in [-0.3, -0.25) is 5.32 Å². The summed E-state index contributed by atoms with van der Waals surface area (Å²) >= 11 is 0. The molecule has 0 radical (unpaired) electrons. The smallest absolute Gasteiger partial charge is 0.108 e. The highest BCUT2D eigenvalue weighted by atomic mass is 16.5. The molecule has 3 nitrogen and oxygen atoms in total. The average molecular weight is 173 g/mol. The fourth-order valence-electron chi connectivity index (χ4n) is 1.17. The van der Waals surface area contributed by atoms with Crippen molar-refractivity contribution in [3.05, 3.63) is 0 Å². The Kier molecular flexibility index (Phi) is 3.50. The Balaban J connectivity index is 2.15. The number of aliphatic hydroxyl groups is 1. The van der Waals surface area contributed by atoms with Crippen molar-refractivity contribution in [1.29, 1.82) is 0 Å². The highest BCUT2D eigenvalue weighted by molar-refractivity contribution is 4.70. The molecule has 0 aromatic rings. The number of ether oxygens (including phenoxy) is 1. The molecule has 0 aromatic heterocycles. The zero-order chi connectivity index (χ0) is 9.03. The molecule has 0 aliphatic carbocycles. The maximum absolute atomic E-state index is 8.97. The van der Waals surface area contributed by atoms with Gasteiger partial charge < -0.3 is 9.84 Å². The highest BCUT2D eigenvalue weighted by Crippen LogP contribution is 2.16. The first-order chi connectivity index (χ1) is 5.64. The van der Waals surface area contributed by atoms with Gasteiger partial charge in [0.1, 0.15) is 6.23 Å². The van der Waals surface area contributed by atoms with Crippen LogP contribution in [0.3, 0.4) is 0 Å². The minimum Gasteiger partial charge on any atom is -0.396 e. The zero-order valence-electron chi connectivity index (χ0n) is 7.97. The molecule has 12 heavy (non-hydrogen) atoms. The molecule has 1 aliphatic heterocycles. The molecule has 1 fully saturated rings. The van der Waals surface area contributed by atoms with Gasteiger partial charge in [0.2, 0.25) is 0 Å². The number of nitrogens with one attached hydrogen (secondary N) is 1. The minimum atomic E-state index is -0.107. The topological polar surface area (TPSA) is 41.5 Å². The van der Waals surface area contributed by atoms with Crippen LogP contribution in [-0.2, 0) is 4.74 Å². The van der Waals surface area contributed by atoms with E-state index in [9.17, 15) is 0 Å². The van der Waals surface area contributed by atoms with Gasteiger partial charge in [0.05, 0.1) is 13.2 Å². The molecule has 1 atom stereocenters. The van der Waals surface area contributed by atoms with Crippen LogP contribution in [0.2, 0.25) is 0 Å². The van der Waals surface area contributed by atoms with Gasteiger partial charge in [0, 0.05) is 5.41 Å². The van der Waals surface area contributed by atoms with Gasteiger partial charge in [-0.1, -0.05) is 13.8 Å². The van der Waals surface area contributed by atoms with Crippen LogP contribution in [0.4, 0.5) is 0 Å². The molecule has 0 spiro atoms. The van der Waals surface area contributed by atoms with Crippen LogP contribution in [0.15, 0.2) is 0 Å². The lowest BCUT2D eigenvalue weighted by molar-refractivity contribution is -0.0231. The van der Waals surface area contributed by atoms with E-state index in [1.165, 1.54) is 6.42 Å². The Hall–Kier alpha value is -0.120. The molecular formula is C9H19NO2. The summed E-state index contributed by atoms with van der Waals surface area (Å²) in [5, 5.41) is 12.2. The monoisotopic (exact) mass is 173 g/mol. The molecule has 3 heteroatoms. The predicted molar refractivity (Wildman–Crippen MR) is 47.8 cm³/mol. The van der Waals surface area contributed by atoms with E-state index in [2.05, 4.69) is 5.32 Å². The van der Waals surface area contributed by atoms with E-state index >= 15 is 0 Å². The third kappa shape index (κ3) is 3.09. The van der Waals surface area contributed by atoms with E-state index in [0.717, 1.165) is 13.0 Å². The van der Waals surface area contributed by atoms with Crippen molar-refractivity contribution in [2.45, 2.75) is 32.9 Å². The van der Waals surface area contributed by atoms with Crippen LogP contribution in [0.5, 0.6) is 0 Å². The average Bonchev–Trinajstić information content (AvgIpc) is 2.53. The molecule has 1 unspecified atom stereocenters. The first-order valence-corrected chi connectivity index (χ1v) is 4.60. The molecule has 0 amide bonds. The summed E-state index contributed by atoms with van der Waals surface area (Å²) in [5.74, 6) is 0. The van der Waals surface area contributed by atoms with Crippen molar-refractivity contribution >= 4 is 0 Å². The van der Waals surface area contributed by atoms with E-state index in [0.29, 0.717) is 6.61 Å². The summed E-state index contributed by atoms with van der Waals surface area (Å²) in [6, 6.07) is 0. The third-order valence-corrected chi connectivity index (χ3v) is 2.12. The second kappa shape index (κ2) is 4.21. The SMILES string of the molecule is CC(C)(CO)COC1CCCN1. The summed E-state index contributed by atoms with van der Waals surface area (Å²) in [6.45, 7) is 5.87. The van der Waals surface area contributed by atoms with Crippen LogP contribution in [0.1, 0.15) is 26.7 Å². The van der Waals surface area contributed by atoms with Crippen molar-refractivity contribution in [2.24, 2.45) is 5.41 Å². The van der Waals surface area contributed by atoms with Crippen LogP contribution >= 0.6 is 0 Å². The number of aliphatic hydroxyl groups excluding tert-OH is 1. The Morgan fingerprint density at radius 1 is 1.58 bits per heavy atom. The first kappa shape index (κ1) is 9.96. The Bertz CT molecular complexity index is 130. The lowest BCUT2D eigenvalue weighted by Gasteiger charge is -2.23. The largest absolute Gasteiger partial charge is 0.396 e. The summed E-state index contributed by atoms with van der Waals surface area (Å²) in [7, 11) is 0. The van der Waals surface area contributed by atoms with Crippen molar-refractivity contribution in [3.63, 3.8) is 0 Å². The Labute approximate surface area is 74.1 Å². The molecule has 1 heterocycles. The molecule has 0 bridgehead atoms. The molecule has 2 N–H and O–H groups in total. The van der Waals surface area contributed by atoms with E-state index < -0.39 is 0 Å². The van der Waals surface area contributed by atoms with Crippen LogP contribution < -0.4 is 5.32 Å². The lowest BCUT2D eigenvalue weighted by atomic mass is 9.96. The summed E-state index contributed by atoms with van der Waals surface area (Å²) < 4.78 is 5.59. The number of hydrogen-bond donors (Lipinski definition) is 2. The van der Waals surface area contributed by atoms with Gasteiger partial charge in [0.15, 0.2) is 0 Å². The second-order valence-electron chi connectivity index (χ2n) is 4.22. The maximum Gasteiger partial charge on any atom is 0.108 e. The molecule has 0 aromatic carbocycles. The van der Waals surface area contributed by atoms with Gasteiger partial charge in [-0.2, -0.15) is 0 Å². The number of rotatable bonds is 4. The van der Waals surface area contributed by atoms with Crippen molar-refractivity contribution in [1.82, 2.24) is 5.32 Å². The molecule has 0 saturated carbocycles. The van der Waals surface area contributed by atoms with Gasteiger partial charge in [-0.25, -0.2) is 0 Å². The van der Waals surface area contributed by atoms with Crippen molar-refractivity contribution < 1.29 is 9.84 Å². The highest BCUT2D eigenvalue weighted by Gasteiger charge is 2.21. The fraction of sp³-hybridized carbons (Fsp3) is 1.00. The minimum absolute atomic E-state index is 0.107. The maximum atomic E-state index is 8.97. The van der Waals surface area contributed by atoms with Gasteiger partial charge in [-0.05, 0) is 19.4 Å². The van der Waals surface area contributed by atoms with Crippen LogP contribution in [0.25, 0.3) is 0 Å². The van der Waals surface area contributed by atoms with E-state index in [-0.39, 0.29) is 18.2 Å². The molecule has 1 aliphatic rings. The van der Waals surface area contributed by atoms with Crippen molar-refractivity contribution in [3.8, 4) is 0 Å². The second-order valence-corrected chi connectivity index (χ2v) is 4.22. The third-order valence-electron chi connectivity index (χ3n) is 2.12. The number of hydrogen-bond acceptors (Lipinski definition) is 3. The quantitative estimate of drug-likeness (QED) is 0.658. The molecular weight excluding hydrogens is 154 g/mol.